The van der Waals surface area contributed by atoms with Crippen LogP contribution in [0.2, 0.25) is 0 Å². The zero-order valence-corrected chi connectivity index (χ0v) is 46.1. The van der Waals surface area contributed by atoms with Crippen molar-refractivity contribution >= 4 is 48.6 Å². The maximum atomic E-state index is 11.1. The van der Waals surface area contributed by atoms with Gasteiger partial charge >= 0.3 is 17.9 Å². The van der Waals surface area contributed by atoms with Gasteiger partial charge in [-0.1, -0.05) is 84.9 Å². The number of anilines is 1. The highest BCUT2D eigenvalue weighted by atomic mass is 16.5. The molecule has 9 rings (SSSR count). The number of nitrogens with one attached hydrogen (secondary N) is 1. The molecular weight excluding hydrogens is 1050 g/mol. The van der Waals surface area contributed by atoms with E-state index in [1.807, 2.05) is 205 Å². The van der Waals surface area contributed by atoms with Crippen LogP contribution in [-0.4, -0.2) is 86.1 Å². The first-order valence-electron chi connectivity index (χ1n) is 26.2. The Hall–Kier alpha value is -10.6. The van der Waals surface area contributed by atoms with Crippen LogP contribution in [0.25, 0.3) is 50.8 Å². The summed E-state index contributed by atoms with van der Waals surface area (Å²) in [5, 5.41) is 29.7. The minimum atomic E-state index is -0.837. The van der Waals surface area contributed by atoms with Crippen LogP contribution in [-0.2, 0) is 65.7 Å². The molecule has 0 aliphatic carbocycles. The van der Waals surface area contributed by atoms with Gasteiger partial charge in [0.15, 0.2) is 0 Å². The first kappa shape index (κ1) is 63.2. The number of hydrogen-bond donors (Lipinski definition) is 7. The number of carboxylic acids is 3. The second kappa shape index (κ2) is 32.5. The highest BCUT2D eigenvalue weighted by molar-refractivity contribution is 5.78. The van der Waals surface area contributed by atoms with Gasteiger partial charge in [-0.3, -0.25) is 28.8 Å². The third-order valence-corrected chi connectivity index (χ3v) is 12.7. The fourth-order valence-corrected chi connectivity index (χ4v) is 9.00. The fraction of sp³-hybridized carbons (Fsp3) is 0.154. The van der Waals surface area contributed by atoms with Crippen LogP contribution < -0.4 is 27.3 Å². The molecule has 0 saturated carbocycles. The molecule has 10 N–H and O–H groups in total. The topological polar surface area (TPSA) is 294 Å². The third-order valence-electron chi connectivity index (χ3n) is 12.7. The quantitative estimate of drug-likeness (QED) is 0.0312. The van der Waals surface area contributed by atoms with Crippen molar-refractivity contribution in [2.75, 3.05) is 19.5 Å². The van der Waals surface area contributed by atoms with Crippen molar-refractivity contribution in [1.29, 1.82) is 0 Å². The number of rotatable bonds is 22. The Morgan fingerprint density at radius 2 is 0.771 bits per heavy atom. The van der Waals surface area contributed by atoms with Crippen LogP contribution in [0.3, 0.4) is 0 Å². The summed E-state index contributed by atoms with van der Waals surface area (Å²) < 4.78 is 11.4. The summed E-state index contributed by atoms with van der Waals surface area (Å²) in [6, 6.07) is 62.0. The predicted molar refractivity (Wildman–Crippen MR) is 321 cm³/mol. The van der Waals surface area contributed by atoms with E-state index in [0.717, 1.165) is 84.8 Å². The second-order valence-electron chi connectivity index (χ2n) is 18.2. The number of aromatic nitrogens is 3. The van der Waals surface area contributed by atoms with Crippen molar-refractivity contribution in [3.8, 4) is 56.6 Å². The van der Waals surface area contributed by atoms with Gasteiger partial charge in [0.25, 0.3) is 0 Å². The third kappa shape index (κ3) is 18.5. The van der Waals surface area contributed by atoms with Gasteiger partial charge in [-0.2, -0.15) is 0 Å². The van der Waals surface area contributed by atoms with Crippen LogP contribution in [0.5, 0.6) is 5.75 Å². The molecule has 3 amide bonds. The van der Waals surface area contributed by atoms with Gasteiger partial charge in [0, 0.05) is 39.8 Å². The number of hydrogen-bond acceptors (Lipinski definition) is 9. The number of benzene rings is 6. The van der Waals surface area contributed by atoms with E-state index in [1.54, 1.807) is 7.11 Å². The van der Waals surface area contributed by atoms with E-state index in [4.69, 9.17) is 36.3 Å². The van der Waals surface area contributed by atoms with Crippen molar-refractivity contribution in [3.63, 3.8) is 0 Å². The molecule has 0 fully saturated rings. The van der Waals surface area contributed by atoms with E-state index in [0.29, 0.717) is 31.4 Å². The second-order valence-corrected chi connectivity index (χ2v) is 18.2. The molecule has 0 spiro atoms. The summed E-state index contributed by atoms with van der Waals surface area (Å²) in [6.45, 7) is 2.00. The van der Waals surface area contributed by atoms with E-state index < -0.39 is 17.9 Å². The van der Waals surface area contributed by atoms with Crippen molar-refractivity contribution in [3.05, 3.63) is 222 Å². The lowest BCUT2D eigenvalue weighted by Gasteiger charge is -2.15. The van der Waals surface area contributed by atoms with E-state index >= 15 is 0 Å². The lowest BCUT2D eigenvalue weighted by atomic mass is 10.1. The minimum absolute atomic E-state index is 0.0474. The Morgan fingerprint density at radius 3 is 1.06 bits per heavy atom. The van der Waals surface area contributed by atoms with Crippen LogP contribution in [0.4, 0.5) is 5.69 Å². The SMILES string of the molecule is C=O.CN.COc1ccc(-c2ccc(CCC(=O)O)n2-c2ccc(CC(N)=O)cc2)cc1.NC(=O)Cc1ccc(-n2c(CCC(=O)O)ccc2-c2ccccc2)cc1.O=CNc1ccc(-n2c(CCC(=O)O)ccc2-c2ccccc2)cc1. The predicted octanol–water partition coefficient (Wildman–Crippen LogP) is 9.51. The molecule has 9 aromatic rings. The fourth-order valence-electron chi connectivity index (χ4n) is 9.00. The molecule has 0 aliphatic heterocycles. The van der Waals surface area contributed by atoms with E-state index in [2.05, 4.69) is 20.2 Å². The number of aliphatic carboxylic acids is 3. The normalized spacial score (nSPS) is 10.2. The number of carbonyl (C=O) groups is 7. The number of nitrogens with two attached hydrogens (primary N) is 3. The van der Waals surface area contributed by atoms with Crippen LogP contribution in [0.1, 0.15) is 47.5 Å². The van der Waals surface area contributed by atoms with Crippen LogP contribution in [0, 0.1) is 0 Å². The Morgan fingerprint density at radius 1 is 0.458 bits per heavy atom. The number of carbonyl (C=O) groups excluding carboxylic acids is 4. The smallest absolute Gasteiger partial charge is 0.303 e. The zero-order chi connectivity index (χ0) is 60.3. The van der Waals surface area contributed by atoms with Gasteiger partial charge in [0.1, 0.15) is 12.5 Å². The number of nitrogens with zero attached hydrogens (tertiary/aromatic N) is 3. The Balaban J connectivity index is 0.000000221. The number of carboxylic acid groups (broad SMARTS) is 3. The van der Waals surface area contributed by atoms with Crippen LogP contribution in [0.15, 0.2) is 194 Å². The lowest BCUT2D eigenvalue weighted by molar-refractivity contribution is -0.138. The number of ether oxygens (including phenoxy) is 1. The van der Waals surface area contributed by atoms with Gasteiger partial charge in [0.2, 0.25) is 18.2 Å². The number of methoxy groups -OCH3 is 1. The van der Waals surface area contributed by atoms with Crippen LogP contribution >= 0.6 is 0 Å². The van der Waals surface area contributed by atoms with Crippen molar-refractivity contribution < 1.29 is 53.6 Å². The Labute approximate surface area is 481 Å². The molecule has 0 bridgehead atoms. The monoisotopic (exact) mass is 1120 g/mol. The Bertz CT molecular complexity index is 3520. The van der Waals surface area contributed by atoms with E-state index in [9.17, 15) is 28.8 Å². The maximum Gasteiger partial charge on any atom is 0.303 e. The van der Waals surface area contributed by atoms with E-state index in [-0.39, 0.29) is 43.9 Å². The summed E-state index contributed by atoms with van der Waals surface area (Å²) in [7, 11) is 3.12. The molecule has 0 saturated heterocycles. The lowest BCUT2D eigenvalue weighted by Crippen LogP contribution is -2.13. The molecule has 18 nitrogen and oxygen atoms in total. The summed E-state index contributed by atoms with van der Waals surface area (Å²) in [6.07, 6.45) is 2.49. The molecule has 0 unspecified atom stereocenters. The number of aryl methyl sites for hydroxylation is 3. The molecule has 83 heavy (non-hydrogen) atoms. The highest BCUT2D eigenvalue weighted by Crippen LogP contribution is 2.32. The molecule has 18 heteroatoms. The summed E-state index contributed by atoms with van der Waals surface area (Å²) in [4.78, 5) is 73.8. The average molecular weight is 1120 g/mol. The Kier molecular flexibility index (Phi) is 24.7. The molecule has 3 heterocycles. The summed E-state index contributed by atoms with van der Waals surface area (Å²) in [5.41, 5.74) is 28.9. The van der Waals surface area contributed by atoms with Crippen molar-refractivity contribution in [2.45, 2.75) is 51.4 Å². The number of primary amides is 2. The first-order valence-corrected chi connectivity index (χ1v) is 26.2. The average Bonchev–Trinajstić information content (AvgIpc) is 4.49. The van der Waals surface area contributed by atoms with Crippen molar-refractivity contribution in [2.24, 2.45) is 17.2 Å². The standard InChI is InChI=1S/C22H22N2O4.C21H20N2O3.C20H18N2O3.CH5N.CH2O/c1-28-19-10-4-16(5-11-19)20-12-8-18(9-13-22(26)27)24(20)17-6-2-15(3-7-17)14-21(23)25;22-20(24)14-15-6-8-17(9-7-15)23-18(11-13-21(25)26)10-12-19(23)16-4-2-1-3-5-16;23-14-21-16-6-8-17(9-7-16)22-18(11-13-20(24)25)10-12-19(22)15-4-2-1-3-5-15;2*1-2/h2-8,10-12H,9,13-14H2,1H3,(H2,23,25)(H,26,27);1-10,12H,11,13-14H2,(H2,22,24)(H,25,26);1-10,12,14H,11,13H2,(H,21,23)(H,24,25);2H2,1H3;1H2. The molecule has 6 aromatic carbocycles. The van der Waals surface area contributed by atoms with Gasteiger partial charge in [-0.15, -0.1) is 0 Å². The van der Waals surface area contributed by atoms with E-state index in [1.165, 1.54) is 7.05 Å². The van der Waals surface area contributed by atoms with Gasteiger partial charge in [0.05, 0.1) is 56.3 Å². The molecule has 0 radical (unpaired) electrons. The summed E-state index contributed by atoms with van der Waals surface area (Å²) >= 11 is 0. The molecule has 0 atom stereocenters. The highest BCUT2D eigenvalue weighted by Gasteiger charge is 2.17. The van der Waals surface area contributed by atoms with Crippen molar-refractivity contribution in [1.82, 2.24) is 13.7 Å². The largest absolute Gasteiger partial charge is 0.497 e. The molecule has 0 aliphatic rings. The minimum Gasteiger partial charge on any atom is -0.497 e. The number of amides is 3. The summed E-state index contributed by atoms with van der Waals surface area (Å²) in [5.74, 6) is -2.46. The van der Waals surface area contributed by atoms with Gasteiger partial charge in [-0.05, 0) is 163 Å². The molecular formula is C65H67N7O11. The molecule has 428 valence electrons. The maximum absolute atomic E-state index is 11.1. The van der Waals surface area contributed by atoms with Gasteiger partial charge < -0.3 is 61.1 Å². The zero-order valence-electron chi connectivity index (χ0n) is 46.1. The first-order chi connectivity index (χ1) is 40.2. The van der Waals surface area contributed by atoms with Gasteiger partial charge in [-0.25, -0.2) is 0 Å². The molecule has 3 aromatic heterocycles.